The first-order valence-corrected chi connectivity index (χ1v) is 7.70. The lowest BCUT2D eigenvalue weighted by Gasteiger charge is -2.33. The van der Waals surface area contributed by atoms with Crippen LogP contribution in [-0.2, 0) is 15.9 Å². The zero-order chi connectivity index (χ0) is 15.3. The zero-order valence-corrected chi connectivity index (χ0v) is 13.4. The van der Waals surface area contributed by atoms with Crippen molar-refractivity contribution < 1.29 is 13.9 Å². The van der Waals surface area contributed by atoms with Gasteiger partial charge >= 0.3 is 0 Å². The molecule has 2 rings (SSSR count). The van der Waals surface area contributed by atoms with Gasteiger partial charge in [0.1, 0.15) is 5.82 Å². The van der Waals surface area contributed by atoms with Crippen molar-refractivity contribution in [2.45, 2.75) is 25.9 Å². The second-order valence-electron chi connectivity index (χ2n) is 5.71. The molecule has 1 N–H and O–H groups in total. The standard InChI is InChI=1S/C16H23ClFNO2/c1-12-16(5-7-21-12,11-19-6-8-20-2)10-13-3-4-14(17)9-15(13)18/h3-4,9,12,19H,5-8,10-11H2,1-2H3. The molecule has 5 heteroatoms. The summed E-state index contributed by atoms with van der Waals surface area (Å²) in [5, 5.41) is 3.83. The molecule has 0 spiro atoms. The van der Waals surface area contributed by atoms with E-state index in [2.05, 4.69) is 12.2 Å². The van der Waals surface area contributed by atoms with E-state index in [1.165, 1.54) is 6.07 Å². The fraction of sp³-hybridized carbons (Fsp3) is 0.625. The van der Waals surface area contributed by atoms with Gasteiger partial charge in [-0.3, -0.25) is 0 Å². The highest BCUT2D eigenvalue weighted by Gasteiger charge is 2.41. The maximum Gasteiger partial charge on any atom is 0.127 e. The summed E-state index contributed by atoms with van der Waals surface area (Å²) in [5.41, 5.74) is 0.618. The number of ether oxygens (including phenoxy) is 2. The Hall–Kier alpha value is -0.680. The van der Waals surface area contributed by atoms with Gasteiger partial charge in [0.05, 0.1) is 12.7 Å². The van der Waals surface area contributed by atoms with Crippen molar-refractivity contribution in [3.8, 4) is 0 Å². The van der Waals surface area contributed by atoms with Crippen LogP contribution in [0.5, 0.6) is 0 Å². The van der Waals surface area contributed by atoms with Crippen molar-refractivity contribution in [1.29, 1.82) is 0 Å². The molecule has 2 unspecified atom stereocenters. The number of nitrogens with one attached hydrogen (secondary N) is 1. The molecule has 0 aliphatic carbocycles. The number of methoxy groups -OCH3 is 1. The highest BCUT2D eigenvalue weighted by Crippen LogP contribution is 2.38. The van der Waals surface area contributed by atoms with Crippen molar-refractivity contribution in [3.63, 3.8) is 0 Å². The molecule has 1 aliphatic heterocycles. The van der Waals surface area contributed by atoms with Crippen LogP contribution in [0, 0.1) is 11.2 Å². The molecule has 0 saturated carbocycles. The number of hydrogen-bond acceptors (Lipinski definition) is 3. The summed E-state index contributed by atoms with van der Waals surface area (Å²) in [6.07, 6.45) is 1.68. The monoisotopic (exact) mass is 315 g/mol. The van der Waals surface area contributed by atoms with E-state index < -0.39 is 0 Å². The van der Waals surface area contributed by atoms with Crippen molar-refractivity contribution >= 4 is 11.6 Å². The average Bonchev–Trinajstić information content (AvgIpc) is 2.80. The third-order valence-electron chi connectivity index (χ3n) is 4.35. The van der Waals surface area contributed by atoms with Crippen molar-refractivity contribution in [2.24, 2.45) is 5.41 Å². The second kappa shape index (κ2) is 7.54. The largest absolute Gasteiger partial charge is 0.383 e. The predicted octanol–water partition coefficient (Wildman–Crippen LogP) is 3.05. The van der Waals surface area contributed by atoms with Crippen LogP contribution in [0.1, 0.15) is 18.9 Å². The van der Waals surface area contributed by atoms with E-state index in [9.17, 15) is 4.39 Å². The van der Waals surface area contributed by atoms with E-state index in [-0.39, 0.29) is 17.3 Å². The molecule has 1 fully saturated rings. The lowest BCUT2D eigenvalue weighted by atomic mass is 9.76. The molecule has 0 aromatic heterocycles. The van der Waals surface area contributed by atoms with Crippen LogP contribution >= 0.6 is 11.6 Å². The Morgan fingerprint density at radius 1 is 1.52 bits per heavy atom. The number of halogens is 2. The third kappa shape index (κ3) is 4.16. The van der Waals surface area contributed by atoms with Crippen molar-refractivity contribution in [3.05, 3.63) is 34.6 Å². The van der Waals surface area contributed by atoms with Crippen molar-refractivity contribution in [2.75, 3.05) is 33.4 Å². The third-order valence-corrected chi connectivity index (χ3v) is 4.58. The fourth-order valence-electron chi connectivity index (χ4n) is 2.90. The van der Waals surface area contributed by atoms with E-state index in [1.807, 2.05) is 0 Å². The van der Waals surface area contributed by atoms with Gasteiger partial charge in [-0.25, -0.2) is 4.39 Å². The van der Waals surface area contributed by atoms with Crippen molar-refractivity contribution in [1.82, 2.24) is 5.32 Å². The maximum atomic E-state index is 14.1. The van der Waals surface area contributed by atoms with Gasteiger partial charge < -0.3 is 14.8 Å². The lowest BCUT2D eigenvalue weighted by Crippen LogP contribution is -2.42. The van der Waals surface area contributed by atoms with Gasteiger partial charge in [-0.15, -0.1) is 0 Å². The molecule has 1 aromatic carbocycles. The molecule has 1 aromatic rings. The van der Waals surface area contributed by atoms with E-state index in [0.29, 0.717) is 23.6 Å². The summed E-state index contributed by atoms with van der Waals surface area (Å²) in [7, 11) is 1.68. The van der Waals surface area contributed by atoms with E-state index in [1.54, 1.807) is 19.2 Å². The molecule has 21 heavy (non-hydrogen) atoms. The normalized spacial score (nSPS) is 25.4. The minimum absolute atomic E-state index is 0.0809. The molecular weight excluding hydrogens is 293 g/mol. The molecule has 1 saturated heterocycles. The minimum Gasteiger partial charge on any atom is -0.383 e. The Morgan fingerprint density at radius 2 is 2.33 bits per heavy atom. The van der Waals surface area contributed by atoms with Gasteiger partial charge in [-0.1, -0.05) is 17.7 Å². The van der Waals surface area contributed by atoms with E-state index in [0.717, 1.165) is 26.1 Å². The minimum atomic E-state index is -0.238. The predicted molar refractivity (Wildman–Crippen MR) is 82.3 cm³/mol. The summed E-state index contributed by atoms with van der Waals surface area (Å²) in [5.74, 6) is -0.238. The van der Waals surface area contributed by atoms with Crippen LogP contribution in [0.15, 0.2) is 18.2 Å². The van der Waals surface area contributed by atoms with Crippen LogP contribution in [0.25, 0.3) is 0 Å². The molecular formula is C16H23ClFNO2. The lowest BCUT2D eigenvalue weighted by molar-refractivity contribution is 0.0615. The number of benzene rings is 1. The molecule has 0 radical (unpaired) electrons. The van der Waals surface area contributed by atoms with Gasteiger partial charge in [-0.05, 0) is 37.5 Å². The highest BCUT2D eigenvalue weighted by atomic mass is 35.5. The number of hydrogen-bond donors (Lipinski definition) is 1. The first-order chi connectivity index (χ1) is 10.1. The van der Waals surface area contributed by atoms with Crippen LogP contribution in [0.2, 0.25) is 5.02 Å². The molecule has 1 aliphatic rings. The summed E-state index contributed by atoms with van der Waals surface area (Å²) in [4.78, 5) is 0. The summed E-state index contributed by atoms with van der Waals surface area (Å²) < 4.78 is 24.9. The molecule has 1 heterocycles. The molecule has 2 atom stereocenters. The summed E-state index contributed by atoms with van der Waals surface area (Å²) in [6, 6.07) is 4.90. The summed E-state index contributed by atoms with van der Waals surface area (Å²) in [6.45, 7) is 5.04. The fourth-order valence-corrected chi connectivity index (χ4v) is 3.06. The van der Waals surface area contributed by atoms with Crippen LogP contribution in [-0.4, -0.2) is 39.5 Å². The zero-order valence-electron chi connectivity index (χ0n) is 12.6. The summed E-state index contributed by atoms with van der Waals surface area (Å²) >= 11 is 5.82. The Morgan fingerprint density at radius 3 is 2.95 bits per heavy atom. The topological polar surface area (TPSA) is 30.5 Å². The quantitative estimate of drug-likeness (QED) is 0.785. The first kappa shape index (κ1) is 16.7. The van der Waals surface area contributed by atoms with Crippen LogP contribution in [0.4, 0.5) is 4.39 Å². The van der Waals surface area contributed by atoms with Crippen LogP contribution < -0.4 is 5.32 Å². The number of rotatable bonds is 7. The molecule has 3 nitrogen and oxygen atoms in total. The maximum absolute atomic E-state index is 14.1. The Bertz CT molecular complexity index is 472. The van der Waals surface area contributed by atoms with E-state index >= 15 is 0 Å². The first-order valence-electron chi connectivity index (χ1n) is 7.32. The Kier molecular flexibility index (Phi) is 5.99. The van der Waals surface area contributed by atoms with Gasteiger partial charge in [0.15, 0.2) is 0 Å². The smallest absolute Gasteiger partial charge is 0.127 e. The van der Waals surface area contributed by atoms with Gasteiger partial charge in [0, 0.05) is 37.2 Å². The highest BCUT2D eigenvalue weighted by molar-refractivity contribution is 6.30. The van der Waals surface area contributed by atoms with Gasteiger partial charge in [-0.2, -0.15) is 0 Å². The molecule has 0 amide bonds. The van der Waals surface area contributed by atoms with Gasteiger partial charge in [0.25, 0.3) is 0 Å². The average molecular weight is 316 g/mol. The molecule has 118 valence electrons. The van der Waals surface area contributed by atoms with E-state index in [4.69, 9.17) is 21.1 Å². The van der Waals surface area contributed by atoms with Gasteiger partial charge in [0.2, 0.25) is 0 Å². The second-order valence-corrected chi connectivity index (χ2v) is 6.14. The Balaban J connectivity index is 2.09. The molecule has 0 bridgehead atoms. The SMILES string of the molecule is COCCNCC1(Cc2ccc(Cl)cc2F)CCOC1C. The van der Waals surface area contributed by atoms with Crippen LogP contribution in [0.3, 0.4) is 0 Å². The Labute approximate surface area is 130 Å².